The van der Waals surface area contributed by atoms with Gasteiger partial charge in [-0.3, -0.25) is 4.79 Å². The van der Waals surface area contributed by atoms with Crippen molar-refractivity contribution in [3.8, 4) is 0 Å². The summed E-state index contributed by atoms with van der Waals surface area (Å²) >= 11 is 0. The van der Waals surface area contributed by atoms with Crippen molar-refractivity contribution in [3.63, 3.8) is 0 Å². The van der Waals surface area contributed by atoms with Crippen molar-refractivity contribution in [3.05, 3.63) is 11.9 Å². The van der Waals surface area contributed by atoms with E-state index in [0.29, 0.717) is 17.8 Å². The molecule has 0 unspecified atom stereocenters. The first-order chi connectivity index (χ1) is 9.63. The molecule has 1 amide bonds. The number of carbonyl (C=O) groups is 1. The maximum absolute atomic E-state index is 11.4. The van der Waals surface area contributed by atoms with Crippen LogP contribution in [-0.4, -0.2) is 28.5 Å². The Kier molecular flexibility index (Phi) is 3.46. The Morgan fingerprint density at radius 1 is 1.25 bits per heavy atom. The van der Waals surface area contributed by atoms with E-state index in [-0.39, 0.29) is 12.5 Å². The van der Waals surface area contributed by atoms with E-state index in [9.17, 15) is 4.79 Å². The molecule has 0 spiro atoms. The molecule has 0 aromatic carbocycles. The molecule has 20 heavy (non-hydrogen) atoms. The van der Waals surface area contributed by atoms with Gasteiger partial charge in [0.15, 0.2) is 0 Å². The largest absolute Gasteiger partial charge is 0.384 e. The minimum atomic E-state index is -0.331. The van der Waals surface area contributed by atoms with Crippen LogP contribution in [0.4, 0.5) is 11.6 Å². The number of rotatable bonds is 5. The van der Waals surface area contributed by atoms with Crippen molar-refractivity contribution in [2.45, 2.75) is 50.5 Å². The van der Waals surface area contributed by atoms with Gasteiger partial charge in [-0.1, -0.05) is 12.8 Å². The topological polar surface area (TPSA) is 98.1 Å². The van der Waals surface area contributed by atoms with Crippen LogP contribution >= 0.6 is 0 Å². The van der Waals surface area contributed by atoms with Gasteiger partial charge in [-0.2, -0.15) is 0 Å². The Labute approximate surface area is 118 Å². The molecule has 6 heteroatoms. The first-order valence-electron chi connectivity index (χ1n) is 7.33. The number of hydrogen-bond acceptors (Lipinski definition) is 5. The first-order valence-corrected chi connectivity index (χ1v) is 7.33. The third-order valence-corrected chi connectivity index (χ3v) is 4.08. The Morgan fingerprint density at radius 2 is 1.95 bits per heavy atom. The second-order valence-electron chi connectivity index (χ2n) is 5.82. The molecule has 6 nitrogen and oxygen atoms in total. The van der Waals surface area contributed by atoms with Crippen LogP contribution in [0.15, 0.2) is 6.07 Å². The Balaban J connectivity index is 1.90. The smallest absolute Gasteiger partial charge is 0.237 e. The number of hydrogen-bond donors (Lipinski definition) is 2. The van der Waals surface area contributed by atoms with Crippen molar-refractivity contribution >= 4 is 17.5 Å². The summed E-state index contributed by atoms with van der Waals surface area (Å²) in [5, 5.41) is 0. The molecule has 2 saturated carbocycles. The van der Waals surface area contributed by atoms with Crippen LogP contribution in [0.2, 0.25) is 0 Å². The highest BCUT2D eigenvalue weighted by atomic mass is 16.1. The van der Waals surface area contributed by atoms with E-state index >= 15 is 0 Å². The molecule has 0 bridgehead atoms. The molecule has 2 fully saturated rings. The quantitative estimate of drug-likeness (QED) is 0.840. The molecular weight excluding hydrogens is 254 g/mol. The maximum Gasteiger partial charge on any atom is 0.237 e. The predicted molar refractivity (Wildman–Crippen MR) is 77.2 cm³/mol. The van der Waals surface area contributed by atoms with Gasteiger partial charge in [0.1, 0.15) is 17.5 Å². The lowest BCUT2D eigenvalue weighted by Gasteiger charge is -2.29. The minimum Gasteiger partial charge on any atom is -0.384 e. The lowest BCUT2D eigenvalue weighted by Crippen LogP contribution is -2.41. The minimum absolute atomic E-state index is 0.200. The lowest BCUT2D eigenvalue weighted by atomic mass is 10.2. The monoisotopic (exact) mass is 275 g/mol. The molecule has 2 aliphatic carbocycles. The van der Waals surface area contributed by atoms with Crippen LogP contribution in [0.5, 0.6) is 0 Å². The van der Waals surface area contributed by atoms with Crippen LogP contribution < -0.4 is 16.4 Å². The number of amides is 1. The molecule has 0 atom stereocenters. The van der Waals surface area contributed by atoms with Crippen LogP contribution in [0, 0.1) is 0 Å². The van der Waals surface area contributed by atoms with E-state index in [1.807, 2.05) is 4.90 Å². The fraction of sp³-hybridized carbons (Fsp3) is 0.643. The van der Waals surface area contributed by atoms with Crippen molar-refractivity contribution in [1.29, 1.82) is 0 Å². The summed E-state index contributed by atoms with van der Waals surface area (Å²) in [7, 11) is 0. The normalized spacial score (nSPS) is 19.2. The molecular formula is C14H21N5O. The Morgan fingerprint density at radius 3 is 2.55 bits per heavy atom. The highest BCUT2D eigenvalue weighted by molar-refractivity contribution is 5.79. The fourth-order valence-electron chi connectivity index (χ4n) is 2.92. The zero-order valence-electron chi connectivity index (χ0n) is 11.6. The third kappa shape index (κ3) is 2.84. The molecule has 1 heterocycles. The summed E-state index contributed by atoms with van der Waals surface area (Å²) in [5.41, 5.74) is 11.3. The van der Waals surface area contributed by atoms with Crippen LogP contribution in [0.3, 0.4) is 0 Å². The van der Waals surface area contributed by atoms with Crippen LogP contribution in [-0.2, 0) is 4.79 Å². The third-order valence-electron chi connectivity index (χ3n) is 4.08. The molecule has 1 aromatic rings. The SMILES string of the molecule is NC(=O)CN(c1cc(N)nc(C2CC2)n1)C1CCCC1. The first kappa shape index (κ1) is 13.1. The highest BCUT2D eigenvalue weighted by Gasteiger charge is 2.30. The highest BCUT2D eigenvalue weighted by Crippen LogP contribution is 2.39. The van der Waals surface area contributed by atoms with E-state index in [2.05, 4.69) is 9.97 Å². The van der Waals surface area contributed by atoms with E-state index < -0.39 is 0 Å². The van der Waals surface area contributed by atoms with Crippen LogP contribution in [0.25, 0.3) is 0 Å². The summed E-state index contributed by atoms with van der Waals surface area (Å²) in [6.45, 7) is 0.200. The lowest BCUT2D eigenvalue weighted by molar-refractivity contribution is -0.116. The average Bonchev–Trinajstić information content (AvgIpc) is 3.11. The number of nitrogen functional groups attached to an aromatic ring is 1. The number of aromatic nitrogens is 2. The van der Waals surface area contributed by atoms with Crippen molar-refractivity contribution in [2.75, 3.05) is 17.2 Å². The number of carbonyl (C=O) groups excluding carboxylic acids is 1. The van der Waals surface area contributed by atoms with Gasteiger partial charge in [-0.25, -0.2) is 9.97 Å². The Hall–Kier alpha value is -1.85. The second kappa shape index (κ2) is 5.26. The molecule has 4 N–H and O–H groups in total. The summed E-state index contributed by atoms with van der Waals surface area (Å²) in [5.74, 6) is 2.15. The summed E-state index contributed by atoms with van der Waals surface area (Å²) < 4.78 is 0. The molecule has 0 radical (unpaired) electrons. The molecule has 1 aromatic heterocycles. The van der Waals surface area contributed by atoms with Gasteiger partial charge in [-0.15, -0.1) is 0 Å². The van der Waals surface area contributed by atoms with E-state index in [1.165, 1.54) is 12.8 Å². The number of nitrogens with two attached hydrogens (primary N) is 2. The average molecular weight is 275 g/mol. The molecule has 108 valence electrons. The van der Waals surface area contributed by atoms with Gasteiger partial charge in [0.2, 0.25) is 5.91 Å². The number of nitrogens with zero attached hydrogens (tertiary/aromatic N) is 3. The van der Waals surface area contributed by atoms with Crippen molar-refractivity contribution in [2.24, 2.45) is 5.73 Å². The zero-order chi connectivity index (χ0) is 14.1. The van der Waals surface area contributed by atoms with Crippen molar-refractivity contribution in [1.82, 2.24) is 9.97 Å². The fourth-order valence-corrected chi connectivity index (χ4v) is 2.92. The van der Waals surface area contributed by atoms with Gasteiger partial charge in [0, 0.05) is 18.0 Å². The molecule has 0 aliphatic heterocycles. The summed E-state index contributed by atoms with van der Waals surface area (Å²) in [6, 6.07) is 2.09. The standard InChI is InChI=1S/C14H21N5O/c15-11-7-13(18-14(17-11)9-5-6-9)19(8-12(16)20)10-3-1-2-4-10/h7,9-10H,1-6,8H2,(H2,16,20)(H2,15,17,18). The summed E-state index contributed by atoms with van der Waals surface area (Å²) in [6.07, 6.45) is 6.79. The molecule has 2 aliphatic rings. The van der Waals surface area contributed by atoms with Gasteiger partial charge < -0.3 is 16.4 Å². The molecule has 0 saturated heterocycles. The maximum atomic E-state index is 11.4. The zero-order valence-corrected chi connectivity index (χ0v) is 11.6. The van der Waals surface area contributed by atoms with E-state index in [4.69, 9.17) is 11.5 Å². The van der Waals surface area contributed by atoms with Crippen molar-refractivity contribution < 1.29 is 4.79 Å². The summed E-state index contributed by atoms with van der Waals surface area (Å²) in [4.78, 5) is 22.3. The number of anilines is 2. The van der Waals surface area contributed by atoms with Gasteiger partial charge in [0.25, 0.3) is 0 Å². The number of primary amides is 1. The van der Waals surface area contributed by atoms with Gasteiger partial charge >= 0.3 is 0 Å². The Bertz CT molecular complexity index is 508. The van der Waals surface area contributed by atoms with Gasteiger partial charge in [-0.05, 0) is 25.7 Å². The van der Waals surface area contributed by atoms with Crippen LogP contribution in [0.1, 0.15) is 50.3 Å². The molecule has 3 rings (SSSR count). The van der Waals surface area contributed by atoms with E-state index in [0.717, 1.165) is 37.3 Å². The van der Waals surface area contributed by atoms with Gasteiger partial charge in [0.05, 0.1) is 6.54 Å². The van der Waals surface area contributed by atoms with E-state index in [1.54, 1.807) is 6.07 Å². The predicted octanol–water partition coefficient (Wildman–Crippen LogP) is 1.17. The second-order valence-corrected chi connectivity index (χ2v) is 5.82.